The van der Waals surface area contributed by atoms with Crippen LogP contribution in [-0.2, 0) is 11.3 Å². The molecule has 20 heavy (non-hydrogen) atoms. The maximum Gasteiger partial charge on any atom is 0.127 e. The van der Waals surface area contributed by atoms with Gasteiger partial charge in [0.25, 0.3) is 0 Å². The molecular weight excluding hydrogens is 318 g/mol. The van der Waals surface area contributed by atoms with E-state index in [4.69, 9.17) is 9.47 Å². The van der Waals surface area contributed by atoms with Crippen LogP contribution >= 0.6 is 15.9 Å². The molecule has 0 fully saturated rings. The highest BCUT2D eigenvalue weighted by Crippen LogP contribution is 2.29. The molecule has 1 N–H and O–H groups in total. The summed E-state index contributed by atoms with van der Waals surface area (Å²) >= 11 is 3.56. The molecule has 0 aliphatic heterocycles. The number of hydrogen-bond acceptors (Lipinski definition) is 3. The third-order valence-corrected chi connectivity index (χ3v) is 3.56. The summed E-state index contributed by atoms with van der Waals surface area (Å²) in [7, 11) is 1.72. The van der Waals surface area contributed by atoms with E-state index in [9.17, 15) is 0 Å². The molecule has 0 bridgehead atoms. The Kier molecular flexibility index (Phi) is 8.19. The molecule has 4 heteroatoms. The van der Waals surface area contributed by atoms with Crippen LogP contribution in [0.5, 0.6) is 5.75 Å². The van der Waals surface area contributed by atoms with E-state index < -0.39 is 0 Å². The quantitative estimate of drug-likeness (QED) is 0.685. The fraction of sp³-hybridized carbons (Fsp3) is 0.625. The summed E-state index contributed by atoms with van der Waals surface area (Å²) < 4.78 is 12.3. The van der Waals surface area contributed by atoms with E-state index in [1.54, 1.807) is 7.11 Å². The van der Waals surface area contributed by atoms with E-state index >= 15 is 0 Å². The molecule has 1 rings (SSSR count). The number of hydrogen-bond donors (Lipinski definition) is 1. The molecule has 0 aliphatic rings. The SMILES string of the molecule is CCCNCc1cc(Br)cc(C)c1OC(C)CCOC. The van der Waals surface area contributed by atoms with Gasteiger partial charge < -0.3 is 14.8 Å². The van der Waals surface area contributed by atoms with Gasteiger partial charge in [0, 0.05) is 36.7 Å². The van der Waals surface area contributed by atoms with Gasteiger partial charge >= 0.3 is 0 Å². The molecule has 1 atom stereocenters. The lowest BCUT2D eigenvalue weighted by Gasteiger charge is -2.20. The summed E-state index contributed by atoms with van der Waals surface area (Å²) in [6.07, 6.45) is 2.18. The van der Waals surface area contributed by atoms with E-state index in [0.29, 0.717) is 0 Å². The summed E-state index contributed by atoms with van der Waals surface area (Å²) in [4.78, 5) is 0. The van der Waals surface area contributed by atoms with E-state index in [0.717, 1.165) is 48.3 Å². The van der Waals surface area contributed by atoms with Crippen LogP contribution < -0.4 is 10.1 Å². The van der Waals surface area contributed by atoms with Crippen molar-refractivity contribution in [2.75, 3.05) is 20.3 Å². The molecule has 0 saturated carbocycles. The van der Waals surface area contributed by atoms with E-state index in [1.165, 1.54) is 5.56 Å². The number of rotatable bonds is 9. The van der Waals surface area contributed by atoms with Crippen molar-refractivity contribution < 1.29 is 9.47 Å². The van der Waals surface area contributed by atoms with Crippen LogP contribution in [0, 0.1) is 6.92 Å². The highest BCUT2D eigenvalue weighted by Gasteiger charge is 2.12. The van der Waals surface area contributed by atoms with Crippen LogP contribution in [-0.4, -0.2) is 26.4 Å². The van der Waals surface area contributed by atoms with Gasteiger partial charge in [-0.3, -0.25) is 0 Å². The molecule has 0 saturated heterocycles. The minimum absolute atomic E-state index is 0.153. The summed E-state index contributed by atoms with van der Waals surface area (Å²) in [5.41, 5.74) is 2.37. The minimum atomic E-state index is 0.153. The molecule has 114 valence electrons. The first kappa shape index (κ1) is 17.5. The Balaban J connectivity index is 2.80. The van der Waals surface area contributed by atoms with Crippen molar-refractivity contribution in [1.29, 1.82) is 0 Å². The predicted octanol–water partition coefficient (Wildman–Crippen LogP) is 4.06. The molecule has 1 aromatic rings. The van der Waals surface area contributed by atoms with Gasteiger partial charge in [0.1, 0.15) is 5.75 Å². The number of aryl methyl sites for hydroxylation is 1. The average molecular weight is 344 g/mol. The first-order valence-corrected chi connectivity index (χ1v) is 8.03. The molecule has 0 aromatic heterocycles. The second kappa shape index (κ2) is 9.37. The number of halogens is 1. The number of nitrogens with one attached hydrogen (secondary N) is 1. The zero-order valence-corrected chi connectivity index (χ0v) is 14.5. The Bertz CT molecular complexity index is 410. The monoisotopic (exact) mass is 343 g/mol. The van der Waals surface area contributed by atoms with Crippen molar-refractivity contribution >= 4 is 15.9 Å². The molecule has 1 unspecified atom stereocenters. The summed E-state index contributed by atoms with van der Waals surface area (Å²) in [6.45, 7) is 8.92. The lowest BCUT2D eigenvalue weighted by atomic mass is 10.1. The first-order valence-electron chi connectivity index (χ1n) is 7.23. The van der Waals surface area contributed by atoms with Gasteiger partial charge in [0.05, 0.1) is 6.10 Å². The second-order valence-corrected chi connectivity index (χ2v) is 6.01. The molecule has 1 aromatic carbocycles. The average Bonchev–Trinajstić information content (AvgIpc) is 2.40. The van der Waals surface area contributed by atoms with Crippen molar-refractivity contribution in [2.24, 2.45) is 0 Å². The Morgan fingerprint density at radius 1 is 1.35 bits per heavy atom. The molecule has 0 aliphatic carbocycles. The smallest absolute Gasteiger partial charge is 0.127 e. The number of ether oxygens (including phenoxy) is 2. The van der Waals surface area contributed by atoms with E-state index in [-0.39, 0.29) is 6.10 Å². The van der Waals surface area contributed by atoms with E-state index in [2.05, 4.69) is 54.2 Å². The Morgan fingerprint density at radius 2 is 2.10 bits per heavy atom. The fourth-order valence-corrected chi connectivity index (χ4v) is 2.66. The maximum atomic E-state index is 6.12. The highest BCUT2D eigenvalue weighted by molar-refractivity contribution is 9.10. The van der Waals surface area contributed by atoms with Crippen molar-refractivity contribution in [3.63, 3.8) is 0 Å². The maximum absolute atomic E-state index is 6.12. The minimum Gasteiger partial charge on any atom is -0.490 e. The van der Waals surface area contributed by atoms with Crippen LogP contribution in [0.15, 0.2) is 16.6 Å². The van der Waals surface area contributed by atoms with Crippen LogP contribution in [0.2, 0.25) is 0 Å². The van der Waals surface area contributed by atoms with Crippen LogP contribution in [0.1, 0.15) is 37.8 Å². The zero-order chi connectivity index (χ0) is 15.0. The van der Waals surface area contributed by atoms with Gasteiger partial charge in [-0.2, -0.15) is 0 Å². The molecule has 3 nitrogen and oxygen atoms in total. The number of methoxy groups -OCH3 is 1. The van der Waals surface area contributed by atoms with E-state index in [1.807, 2.05) is 0 Å². The van der Waals surface area contributed by atoms with Crippen molar-refractivity contribution in [2.45, 2.75) is 46.3 Å². The third kappa shape index (κ3) is 5.81. The van der Waals surface area contributed by atoms with Crippen LogP contribution in [0.4, 0.5) is 0 Å². The lowest BCUT2D eigenvalue weighted by molar-refractivity contribution is 0.134. The molecule has 0 heterocycles. The Morgan fingerprint density at radius 3 is 2.75 bits per heavy atom. The first-order chi connectivity index (χ1) is 9.58. The topological polar surface area (TPSA) is 30.5 Å². The zero-order valence-electron chi connectivity index (χ0n) is 13.0. The van der Waals surface area contributed by atoms with Crippen LogP contribution in [0.3, 0.4) is 0 Å². The number of benzene rings is 1. The van der Waals surface area contributed by atoms with Crippen molar-refractivity contribution in [1.82, 2.24) is 5.32 Å². The molecule has 0 radical (unpaired) electrons. The van der Waals surface area contributed by atoms with Gasteiger partial charge in [-0.15, -0.1) is 0 Å². The van der Waals surface area contributed by atoms with Crippen molar-refractivity contribution in [3.05, 3.63) is 27.7 Å². The van der Waals surface area contributed by atoms with Gasteiger partial charge in [0.2, 0.25) is 0 Å². The van der Waals surface area contributed by atoms with Gasteiger partial charge in [-0.05, 0) is 44.5 Å². The largest absolute Gasteiger partial charge is 0.490 e. The predicted molar refractivity (Wildman–Crippen MR) is 87.5 cm³/mol. The summed E-state index contributed by atoms with van der Waals surface area (Å²) in [5, 5.41) is 3.44. The molecule has 0 amide bonds. The lowest BCUT2D eigenvalue weighted by Crippen LogP contribution is -2.19. The fourth-order valence-electron chi connectivity index (χ4n) is 2.04. The molecular formula is C16H26BrNO2. The summed E-state index contributed by atoms with van der Waals surface area (Å²) in [6, 6.07) is 4.23. The third-order valence-electron chi connectivity index (χ3n) is 3.11. The van der Waals surface area contributed by atoms with Crippen molar-refractivity contribution in [3.8, 4) is 5.75 Å². The van der Waals surface area contributed by atoms with Gasteiger partial charge in [-0.25, -0.2) is 0 Å². The molecule has 0 spiro atoms. The summed E-state index contributed by atoms with van der Waals surface area (Å²) in [5.74, 6) is 1.00. The standard InChI is InChI=1S/C16H26BrNO2/c1-5-7-18-11-14-10-15(17)9-12(2)16(14)20-13(3)6-8-19-4/h9-10,13,18H,5-8,11H2,1-4H3. The second-order valence-electron chi connectivity index (χ2n) is 5.10. The van der Waals surface area contributed by atoms with Gasteiger partial charge in [0.15, 0.2) is 0 Å². The Hall–Kier alpha value is -0.580. The Labute approximate surface area is 131 Å². The van der Waals surface area contributed by atoms with Gasteiger partial charge in [-0.1, -0.05) is 22.9 Å². The highest BCUT2D eigenvalue weighted by atomic mass is 79.9. The normalized spacial score (nSPS) is 12.4. The van der Waals surface area contributed by atoms with Crippen LogP contribution in [0.25, 0.3) is 0 Å².